The Morgan fingerprint density at radius 2 is 1.86 bits per heavy atom. The third-order valence-electron chi connectivity index (χ3n) is 8.86. The van der Waals surface area contributed by atoms with Crippen LogP contribution in [0.3, 0.4) is 0 Å². The molecule has 1 aliphatic carbocycles. The Labute approximate surface area is 250 Å². The minimum atomic E-state index is -4.56. The number of hydrogen-bond donors (Lipinski definition) is 1. The molecule has 2 fully saturated rings. The fourth-order valence-corrected chi connectivity index (χ4v) is 6.58. The molecule has 8 nitrogen and oxygen atoms in total. The van der Waals surface area contributed by atoms with E-state index in [1.54, 1.807) is 4.90 Å². The lowest BCUT2D eigenvalue weighted by Crippen LogP contribution is -2.54. The first-order valence-electron chi connectivity index (χ1n) is 15.1. The molecule has 1 saturated carbocycles. The second-order valence-electron chi connectivity index (χ2n) is 12.5. The predicted octanol–water partition coefficient (Wildman–Crippen LogP) is 4.60. The quantitative estimate of drug-likeness (QED) is 0.383. The van der Waals surface area contributed by atoms with Crippen molar-refractivity contribution in [2.45, 2.75) is 57.5 Å². The van der Waals surface area contributed by atoms with Crippen molar-refractivity contribution in [2.75, 3.05) is 63.3 Å². The number of halogens is 3. The summed E-state index contributed by atoms with van der Waals surface area (Å²) in [6.45, 7) is 3.82. The first-order valence-corrected chi connectivity index (χ1v) is 15.1. The maximum Gasteiger partial charge on any atom is 0.416 e. The molecular weight excluding hydrogens is 559 g/mol. The summed E-state index contributed by atoms with van der Waals surface area (Å²) in [6, 6.07) is 12.9. The summed E-state index contributed by atoms with van der Waals surface area (Å²) in [6.07, 6.45) is -4.00. The average Bonchev–Trinajstić information content (AvgIpc) is 3.76. The van der Waals surface area contributed by atoms with E-state index < -0.39 is 31.5 Å². The number of morpholine rings is 1. The highest BCUT2D eigenvalue weighted by Crippen LogP contribution is 2.46. The molecule has 1 aromatic heterocycles. The van der Waals surface area contributed by atoms with Gasteiger partial charge in [0.15, 0.2) is 6.10 Å². The third-order valence-corrected chi connectivity index (χ3v) is 8.86. The molecule has 3 heterocycles. The van der Waals surface area contributed by atoms with Crippen LogP contribution in [-0.4, -0.2) is 91.8 Å². The Morgan fingerprint density at radius 1 is 1.09 bits per heavy atom. The molecule has 3 aromatic rings. The Hall–Kier alpha value is -3.15. The van der Waals surface area contributed by atoms with Gasteiger partial charge in [-0.2, -0.15) is 23.1 Å². The van der Waals surface area contributed by atoms with Crippen LogP contribution >= 0.6 is 0 Å². The number of aryl methyl sites for hydroxylation is 1. The highest BCUT2D eigenvalue weighted by molar-refractivity contribution is 5.97. The largest absolute Gasteiger partial charge is 0.463 e. The highest BCUT2D eigenvalue weighted by Gasteiger charge is 2.47. The van der Waals surface area contributed by atoms with Gasteiger partial charge in [-0.1, -0.05) is 37.3 Å². The number of benzene rings is 2. The van der Waals surface area contributed by atoms with Gasteiger partial charge in [-0.25, -0.2) is 0 Å². The number of anilines is 2. The number of fused-ring (bicyclic) bond motifs is 2. The van der Waals surface area contributed by atoms with Crippen molar-refractivity contribution in [1.82, 2.24) is 14.9 Å². The number of aromatic nitrogens is 2. The van der Waals surface area contributed by atoms with Crippen molar-refractivity contribution < 1.29 is 27.8 Å². The first-order chi connectivity index (χ1) is 20.6. The van der Waals surface area contributed by atoms with E-state index in [-0.39, 0.29) is 18.0 Å². The van der Waals surface area contributed by atoms with Gasteiger partial charge in [0, 0.05) is 41.7 Å². The molecule has 3 aliphatic rings. The van der Waals surface area contributed by atoms with Crippen LogP contribution in [0.5, 0.6) is 6.01 Å². The van der Waals surface area contributed by atoms with E-state index in [4.69, 9.17) is 19.4 Å². The molecule has 0 amide bonds. The molecule has 2 aliphatic heterocycles. The van der Waals surface area contributed by atoms with E-state index >= 15 is 0 Å². The van der Waals surface area contributed by atoms with Crippen LogP contribution in [0.25, 0.3) is 10.8 Å². The standard InChI is InChI=1S/C32H40F3N5O3/c1-4-21-7-5-8-22-9-6-10-26(28(21)22)39-14-11-24-25(16-39)36-30(42-20-31(12-13-31)19-38(2)3)37-29(24)40-15-23(18-41)43-27(17-40)32(33,34)35/h5-10,23,27,41H,4,11-20H2,1-3H3. The molecule has 1 N–H and O–H groups in total. The van der Waals surface area contributed by atoms with E-state index in [0.29, 0.717) is 31.9 Å². The molecule has 0 radical (unpaired) electrons. The smallest absolute Gasteiger partial charge is 0.416 e. The van der Waals surface area contributed by atoms with Crippen LogP contribution in [-0.2, 0) is 24.1 Å². The summed E-state index contributed by atoms with van der Waals surface area (Å²) in [5.74, 6) is 0.445. The summed E-state index contributed by atoms with van der Waals surface area (Å²) in [4.78, 5) is 15.6. The van der Waals surface area contributed by atoms with Crippen LogP contribution in [0.4, 0.5) is 24.7 Å². The highest BCUT2D eigenvalue weighted by atomic mass is 19.4. The molecule has 2 unspecified atom stereocenters. The SMILES string of the molecule is CCc1cccc2cccc(N3CCc4c(nc(OCC5(CN(C)C)CC5)nc4N4CC(CO)OC(C(F)(F)F)C4)C3)c12. The van der Waals surface area contributed by atoms with Crippen molar-refractivity contribution in [1.29, 1.82) is 0 Å². The average molecular weight is 600 g/mol. The zero-order valence-corrected chi connectivity index (χ0v) is 25.0. The number of ether oxygens (including phenoxy) is 2. The number of nitrogens with zero attached hydrogens (tertiary/aromatic N) is 5. The number of aliphatic hydroxyl groups is 1. The number of hydrogen-bond acceptors (Lipinski definition) is 8. The molecule has 2 aromatic carbocycles. The van der Waals surface area contributed by atoms with Crippen molar-refractivity contribution in [3.05, 3.63) is 53.2 Å². The fraction of sp³-hybridized carbons (Fsp3) is 0.562. The molecule has 2 atom stereocenters. The Bertz CT molecular complexity index is 1460. The van der Waals surface area contributed by atoms with E-state index in [1.165, 1.54) is 16.3 Å². The lowest BCUT2D eigenvalue weighted by Gasteiger charge is -2.40. The maximum atomic E-state index is 13.8. The zero-order valence-electron chi connectivity index (χ0n) is 25.0. The maximum absolute atomic E-state index is 13.8. The molecular formula is C32H40F3N5O3. The molecule has 232 valence electrons. The van der Waals surface area contributed by atoms with Gasteiger partial charge in [0.05, 0.1) is 38.1 Å². The van der Waals surface area contributed by atoms with Crippen molar-refractivity contribution in [2.24, 2.45) is 5.41 Å². The fourth-order valence-electron chi connectivity index (χ4n) is 6.58. The summed E-state index contributed by atoms with van der Waals surface area (Å²) in [5, 5.41) is 12.2. The van der Waals surface area contributed by atoms with E-state index in [1.807, 2.05) is 14.1 Å². The Balaban J connectivity index is 1.37. The van der Waals surface area contributed by atoms with Crippen molar-refractivity contribution in [3.63, 3.8) is 0 Å². The molecule has 0 bridgehead atoms. The van der Waals surface area contributed by atoms with Gasteiger partial charge in [0.25, 0.3) is 0 Å². The van der Waals surface area contributed by atoms with Crippen molar-refractivity contribution >= 4 is 22.3 Å². The molecule has 1 saturated heterocycles. The van der Waals surface area contributed by atoms with Crippen LogP contribution in [0.15, 0.2) is 36.4 Å². The Kier molecular flexibility index (Phi) is 8.16. The normalized spacial score (nSPS) is 21.8. The minimum absolute atomic E-state index is 0.0385. The Morgan fingerprint density at radius 3 is 2.53 bits per heavy atom. The number of alkyl halides is 3. The molecule has 11 heteroatoms. The number of rotatable bonds is 9. The first kappa shape index (κ1) is 29.9. The third kappa shape index (κ3) is 6.25. The zero-order chi connectivity index (χ0) is 30.4. The molecule has 6 rings (SSSR count). The summed E-state index contributed by atoms with van der Waals surface area (Å²) in [5.41, 5.74) is 4.01. The second kappa shape index (κ2) is 11.7. The lowest BCUT2D eigenvalue weighted by molar-refractivity contribution is -0.238. The van der Waals surface area contributed by atoms with Crippen LogP contribution in [0.2, 0.25) is 0 Å². The minimum Gasteiger partial charge on any atom is -0.463 e. The van der Waals surface area contributed by atoms with Crippen LogP contribution in [0, 0.1) is 5.41 Å². The van der Waals surface area contributed by atoms with E-state index in [2.05, 4.69) is 53.1 Å². The van der Waals surface area contributed by atoms with Crippen LogP contribution < -0.4 is 14.5 Å². The van der Waals surface area contributed by atoms with Gasteiger partial charge in [-0.3, -0.25) is 0 Å². The van der Waals surface area contributed by atoms with Gasteiger partial charge < -0.3 is 29.3 Å². The van der Waals surface area contributed by atoms with Crippen molar-refractivity contribution in [3.8, 4) is 6.01 Å². The molecule has 43 heavy (non-hydrogen) atoms. The van der Waals surface area contributed by atoms with Gasteiger partial charge in [-0.05, 0) is 56.8 Å². The summed E-state index contributed by atoms with van der Waals surface area (Å²) in [7, 11) is 4.07. The van der Waals surface area contributed by atoms with Gasteiger partial charge in [-0.15, -0.1) is 0 Å². The lowest BCUT2D eigenvalue weighted by atomic mass is 9.98. The van der Waals surface area contributed by atoms with E-state index in [9.17, 15) is 18.3 Å². The van der Waals surface area contributed by atoms with Gasteiger partial charge >= 0.3 is 12.2 Å². The molecule has 0 spiro atoms. The van der Waals surface area contributed by atoms with E-state index in [0.717, 1.165) is 42.8 Å². The van der Waals surface area contributed by atoms with Gasteiger partial charge in [0.2, 0.25) is 0 Å². The second-order valence-corrected chi connectivity index (χ2v) is 12.5. The summed E-state index contributed by atoms with van der Waals surface area (Å²) >= 11 is 0. The number of aliphatic hydroxyl groups excluding tert-OH is 1. The van der Waals surface area contributed by atoms with Crippen LogP contribution in [0.1, 0.15) is 36.6 Å². The predicted molar refractivity (Wildman–Crippen MR) is 160 cm³/mol. The monoisotopic (exact) mass is 599 g/mol. The topological polar surface area (TPSA) is 74.2 Å². The van der Waals surface area contributed by atoms with Gasteiger partial charge in [0.1, 0.15) is 5.82 Å². The summed E-state index contributed by atoms with van der Waals surface area (Å²) < 4.78 is 53.0.